The lowest BCUT2D eigenvalue weighted by atomic mass is 10.4. The largest absolute Gasteiger partial charge is 0.341 e. The number of rotatable bonds is 2. The predicted molar refractivity (Wildman–Crippen MR) is 27.0 cm³/mol. The minimum atomic E-state index is 0.625. The molecular weight excluding hydrogens is 104 g/mol. The molecule has 0 saturated carbocycles. The van der Waals surface area contributed by atoms with Crippen LogP contribution in [-0.2, 0) is 6.42 Å². The van der Waals surface area contributed by atoms with Crippen molar-refractivity contribution < 1.29 is 4.52 Å². The third-order valence-electron chi connectivity index (χ3n) is 0.696. The molecule has 0 aliphatic rings. The minimum absolute atomic E-state index is 0.625. The molecule has 0 N–H and O–H groups in total. The van der Waals surface area contributed by atoms with Gasteiger partial charge in [0.2, 0.25) is 0 Å². The van der Waals surface area contributed by atoms with E-state index in [1.807, 2.05) is 0 Å². The van der Waals surface area contributed by atoms with E-state index in [0.29, 0.717) is 12.2 Å². The van der Waals surface area contributed by atoms with Gasteiger partial charge in [0.25, 0.3) is 0 Å². The first kappa shape index (κ1) is 5.03. The fourth-order valence-corrected chi connectivity index (χ4v) is 0.380. The van der Waals surface area contributed by atoms with Crippen LogP contribution in [0.3, 0.4) is 0 Å². The molecule has 1 aromatic rings. The Morgan fingerprint density at radius 1 is 1.88 bits per heavy atom. The van der Waals surface area contributed by atoms with Crippen molar-refractivity contribution in [2.75, 3.05) is 0 Å². The number of aromatic nitrogens is 2. The Kier molecular flexibility index (Phi) is 1.42. The van der Waals surface area contributed by atoms with Gasteiger partial charge in [-0.2, -0.15) is 0 Å². The average Bonchev–Trinajstić information content (AvgIpc) is 2.19. The molecular formula is C5H5N2O. The molecule has 0 aliphatic carbocycles. The monoisotopic (exact) mass is 109 g/mol. The number of hydrogen-bond donors (Lipinski definition) is 0. The molecule has 41 valence electrons. The molecule has 0 spiro atoms. The van der Waals surface area contributed by atoms with E-state index in [0.717, 1.165) is 0 Å². The topological polar surface area (TPSA) is 38.9 Å². The number of nitrogens with zero attached hydrogens (tertiary/aromatic N) is 2. The molecule has 8 heavy (non-hydrogen) atoms. The van der Waals surface area contributed by atoms with Crippen LogP contribution in [0, 0.1) is 6.20 Å². The molecule has 0 atom stereocenters. The second kappa shape index (κ2) is 2.26. The molecule has 1 radical (unpaired) electrons. The van der Waals surface area contributed by atoms with E-state index >= 15 is 0 Å². The minimum Gasteiger partial charge on any atom is -0.341 e. The Balaban J connectivity index is 2.62. The molecule has 3 heteroatoms. The highest BCUT2D eigenvalue weighted by Gasteiger charge is 1.91. The van der Waals surface area contributed by atoms with Gasteiger partial charge in [0, 0.05) is 11.7 Å². The van der Waals surface area contributed by atoms with Gasteiger partial charge in [0.15, 0.2) is 12.0 Å². The Morgan fingerprint density at radius 3 is 3.25 bits per heavy atom. The van der Waals surface area contributed by atoms with Gasteiger partial charge in [0.05, 0.1) is 0 Å². The zero-order chi connectivity index (χ0) is 5.82. The van der Waals surface area contributed by atoms with Gasteiger partial charge in [0.1, 0.15) is 0 Å². The van der Waals surface area contributed by atoms with Crippen molar-refractivity contribution in [1.29, 1.82) is 0 Å². The van der Waals surface area contributed by atoms with E-state index in [4.69, 9.17) is 0 Å². The summed E-state index contributed by atoms with van der Waals surface area (Å²) >= 11 is 0. The van der Waals surface area contributed by atoms with Crippen LogP contribution >= 0.6 is 0 Å². The molecule has 0 amide bonds. The predicted octanol–water partition coefficient (Wildman–Crippen LogP) is 0.598. The van der Waals surface area contributed by atoms with Crippen molar-refractivity contribution in [2.24, 2.45) is 0 Å². The standard InChI is InChI=1S/C5H5N2O/c1-2-3-5-4-6-7-8-5/h2H,1,3H2. The first-order valence-corrected chi connectivity index (χ1v) is 2.23. The van der Waals surface area contributed by atoms with Gasteiger partial charge in [-0.1, -0.05) is 6.08 Å². The van der Waals surface area contributed by atoms with Crippen molar-refractivity contribution in [3.05, 3.63) is 24.6 Å². The highest BCUT2D eigenvalue weighted by Crippen LogP contribution is 1.92. The van der Waals surface area contributed by atoms with Crippen molar-refractivity contribution in [2.45, 2.75) is 6.42 Å². The third-order valence-corrected chi connectivity index (χ3v) is 0.696. The Hall–Kier alpha value is -1.12. The first-order valence-electron chi connectivity index (χ1n) is 2.23. The van der Waals surface area contributed by atoms with Crippen LogP contribution in [0.4, 0.5) is 0 Å². The lowest BCUT2D eigenvalue weighted by Gasteiger charge is -1.76. The van der Waals surface area contributed by atoms with Crippen LogP contribution in [0.1, 0.15) is 5.76 Å². The Morgan fingerprint density at radius 2 is 2.75 bits per heavy atom. The summed E-state index contributed by atoms with van der Waals surface area (Å²) in [7, 11) is 0. The molecule has 0 unspecified atom stereocenters. The second-order valence-corrected chi connectivity index (χ2v) is 1.30. The highest BCUT2D eigenvalue weighted by molar-refractivity contribution is 4.90. The van der Waals surface area contributed by atoms with Crippen molar-refractivity contribution in [3.8, 4) is 0 Å². The Bertz CT molecular complexity index is 157. The second-order valence-electron chi connectivity index (χ2n) is 1.30. The van der Waals surface area contributed by atoms with E-state index in [2.05, 4.69) is 27.7 Å². The van der Waals surface area contributed by atoms with Crippen LogP contribution < -0.4 is 0 Å². The van der Waals surface area contributed by atoms with E-state index in [1.54, 1.807) is 6.08 Å². The van der Waals surface area contributed by atoms with Crippen LogP contribution in [0.15, 0.2) is 17.2 Å². The van der Waals surface area contributed by atoms with Crippen LogP contribution in [-0.4, -0.2) is 10.4 Å². The molecule has 3 nitrogen and oxygen atoms in total. The van der Waals surface area contributed by atoms with Gasteiger partial charge in [-0.25, -0.2) is 0 Å². The third kappa shape index (κ3) is 0.932. The molecule has 1 aromatic heterocycles. The van der Waals surface area contributed by atoms with E-state index in [9.17, 15) is 0 Å². The molecule has 0 aromatic carbocycles. The van der Waals surface area contributed by atoms with Gasteiger partial charge >= 0.3 is 0 Å². The fraction of sp³-hybridized carbons (Fsp3) is 0.200. The molecule has 0 aliphatic heterocycles. The van der Waals surface area contributed by atoms with Crippen LogP contribution in [0.5, 0.6) is 0 Å². The molecule has 0 saturated heterocycles. The smallest absolute Gasteiger partial charge is 0.170 e. The average molecular weight is 109 g/mol. The van der Waals surface area contributed by atoms with E-state index < -0.39 is 0 Å². The Labute approximate surface area is 47.0 Å². The molecule has 0 fully saturated rings. The summed E-state index contributed by atoms with van der Waals surface area (Å²) in [5.74, 6) is 0.625. The molecule has 1 rings (SSSR count). The quantitative estimate of drug-likeness (QED) is 0.522. The van der Waals surface area contributed by atoms with E-state index in [1.165, 1.54) is 0 Å². The maximum absolute atomic E-state index is 4.59. The summed E-state index contributed by atoms with van der Waals surface area (Å²) in [4.78, 5) is 0. The zero-order valence-corrected chi connectivity index (χ0v) is 4.29. The summed E-state index contributed by atoms with van der Waals surface area (Å²) < 4.78 is 4.59. The summed E-state index contributed by atoms with van der Waals surface area (Å²) in [6.45, 7) is 3.50. The summed E-state index contributed by atoms with van der Waals surface area (Å²) in [5, 5.41) is 6.56. The zero-order valence-electron chi connectivity index (χ0n) is 4.29. The van der Waals surface area contributed by atoms with Gasteiger partial charge in [-0.3, -0.25) is 0 Å². The van der Waals surface area contributed by atoms with Gasteiger partial charge in [-0.05, 0) is 0 Å². The van der Waals surface area contributed by atoms with E-state index in [-0.39, 0.29) is 0 Å². The van der Waals surface area contributed by atoms with Crippen LogP contribution in [0.2, 0.25) is 0 Å². The van der Waals surface area contributed by atoms with Crippen molar-refractivity contribution >= 4 is 0 Å². The van der Waals surface area contributed by atoms with Crippen LogP contribution in [0.25, 0.3) is 0 Å². The number of allylic oxidation sites excluding steroid dienone is 1. The molecule has 1 heterocycles. The summed E-state index contributed by atoms with van der Waals surface area (Å²) in [5.41, 5.74) is 0. The lowest BCUT2D eigenvalue weighted by Crippen LogP contribution is -1.71. The SMILES string of the molecule is C=CCc1[c]nno1. The van der Waals surface area contributed by atoms with Gasteiger partial charge < -0.3 is 4.52 Å². The highest BCUT2D eigenvalue weighted by atomic mass is 16.5. The van der Waals surface area contributed by atoms with Crippen molar-refractivity contribution in [3.63, 3.8) is 0 Å². The first-order chi connectivity index (χ1) is 3.93. The maximum Gasteiger partial charge on any atom is 0.170 e. The molecule has 0 bridgehead atoms. The fourth-order valence-electron chi connectivity index (χ4n) is 0.380. The van der Waals surface area contributed by atoms with Crippen molar-refractivity contribution in [1.82, 2.24) is 10.4 Å². The lowest BCUT2D eigenvalue weighted by molar-refractivity contribution is 0.368. The van der Waals surface area contributed by atoms with Gasteiger partial charge in [-0.15, -0.1) is 11.7 Å². The summed E-state index contributed by atoms with van der Waals surface area (Å²) in [6.07, 6.45) is 4.89. The summed E-state index contributed by atoms with van der Waals surface area (Å²) in [6, 6.07) is 0. The number of hydrogen-bond acceptors (Lipinski definition) is 3. The maximum atomic E-state index is 4.59. The normalized spacial score (nSPS) is 9.00.